The highest BCUT2D eigenvalue weighted by Crippen LogP contribution is 2.14. The topological polar surface area (TPSA) is 72.8 Å². The Morgan fingerprint density at radius 1 is 0.353 bits per heavy atom. The highest BCUT2D eigenvalue weighted by atomic mass is 16.6. The lowest BCUT2D eigenvalue weighted by Gasteiger charge is -2.15. The maximum Gasteiger partial charge on any atom is 0.306 e. The van der Waals surface area contributed by atoms with Crippen LogP contribution in [0, 0.1) is 0 Å². The van der Waals surface area contributed by atoms with Crippen molar-refractivity contribution in [1.29, 1.82) is 0 Å². The molecule has 0 heterocycles. The molecule has 1 N–H and O–H groups in total. The van der Waals surface area contributed by atoms with Crippen LogP contribution in [0.5, 0.6) is 0 Å². The van der Waals surface area contributed by atoms with Gasteiger partial charge in [0.2, 0.25) is 0 Å². The molecular weight excluding hydrogens is 837 g/mol. The van der Waals surface area contributed by atoms with E-state index in [1.165, 1.54) is 70.6 Å². The highest BCUT2D eigenvalue weighted by molar-refractivity contribution is 5.70. The molecule has 0 aromatic heterocycles. The number of esters is 2. The number of ether oxygens (including phenoxy) is 2. The second kappa shape index (κ2) is 57.1. The number of allylic oxidation sites excluding steroid dienone is 24. The summed E-state index contributed by atoms with van der Waals surface area (Å²) >= 11 is 0. The van der Waals surface area contributed by atoms with Crippen molar-refractivity contribution in [3.63, 3.8) is 0 Å². The van der Waals surface area contributed by atoms with Crippen molar-refractivity contribution >= 4 is 11.9 Å². The number of hydrogen-bond donors (Lipinski definition) is 1. The minimum Gasteiger partial charge on any atom is -0.462 e. The summed E-state index contributed by atoms with van der Waals surface area (Å²) in [7, 11) is 0. The molecule has 0 aliphatic heterocycles. The summed E-state index contributed by atoms with van der Waals surface area (Å²) in [6, 6.07) is 0. The van der Waals surface area contributed by atoms with E-state index < -0.39 is 6.10 Å². The zero-order valence-electron chi connectivity index (χ0n) is 43.6. The van der Waals surface area contributed by atoms with Gasteiger partial charge in [-0.1, -0.05) is 237 Å². The molecule has 0 amide bonds. The van der Waals surface area contributed by atoms with E-state index in [-0.39, 0.29) is 25.2 Å². The summed E-state index contributed by atoms with van der Waals surface area (Å²) in [5, 5.41) is 9.61. The number of aliphatic hydroxyl groups is 1. The quantitative estimate of drug-likeness (QED) is 0.0374. The van der Waals surface area contributed by atoms with Gasteiger partial charge in [-0.2, -0.15) is 0 Å². The second-order valence-electron chi connectivity index (χ2n) is 17.6. The van der Waals surface area contributed by atoms with Crippen LogP contribution >= 0.6 is 0 Å². The fourth-order valence-electron chi connectivity index (χ4n) is 7.03. The van der Waals surface area contributed by atoms with Gasteiger partial charge in [-0.25, -0.2) is 0 Å². The molecule has 0 aromatic rings. The third-order valence-electron chi connectivity index (χ3n) is 11.1. The number of aliphatic hydroxyl groups excluding tert-OH is 1. The Morgan fingerprint density at radius 3 is 0.956 bits per heavy atom. The molecule has 0 rings (SSSR count). The molecule has 0 spiro atoms. The van der Waals surface area contributed by atoms with Gasteiger partial charge in [0.25, 0.3) is 0 Å². The van der Waals surface area contributed by atoms with Crippen LogP contribution in [0.15, 0.2) is 146 Å². The first-order chi connectivity index (χ1) is 33.6. The van der Waals surface area contributed by atoms with Crippen molar-refractivity contribution in [3.05, 3.63) is 146 Å². The average Bonchev–Trinajstić information content (AvgIpc) is 3.34. The highest BCUT2D eigenvalue weighted by Gasteiger charge is 2.16. The van der Waals surface area contributed by atoms with E-state index in [2.05, 4.69) is 160 Å². The third kappa shape index (κ3) is 54.4. The van der Waals surface area contributed by atoms with E-state index in [1.54, 1.807) is 0 Å². The van der Waals surface area contributed by atoms with Gasteiger partial charge in [0.15, 0.2) is 6.10 Å². The molecule has 0 bridgehead atoms. The van der Waals surface area contributed by atoms with E-state index in [0.717, 1.165) is 122 Å². The maximum absolute atomic E-state index is 12.3. The predicted octanol–water partition coefficient (Wildman–Crippen LogP) is 18.6. The Balaban J connectivity index is 3.60. The van der Waals surface area contributed by atoms with Crippen LogP contribution in [-0.2, 0) is 19.1 Å². The van der Waals surface area contributed by atoms with Crippen molar-refractivity contribution in [2.75, 3.05) is 13.2 Å². The van der Waals surface area contributed by atoms with Crippen molar-refractivity contribution < 1.29 is 24.2 Å². The van der Waals surface area contributed by atoms with Crippen molar-refractivity contribution in [1.82, 2.24) is 0 Å². The van der Waals surface area contributed by atoms with Crippen LogP contribution in [0.3, 0.4) is 0 Å². The van der Waals surface area contributed by atoms with Crippen molar-refractivity contribution in [2.24, 2.45) is 0 Å². The Kier molecular flexibility index (Phi) is 53.6. The van der Waals surface area contributed by atoms with Crippen molar-refractivity contribution in [2.45, 2.75) is 225 Å². The van der Waals surface area contributed by atoms with E-state index in [9.17, 15) is 14.7 Å². The normalized spacial score (nSPS) is 13.4. The molecule has 68 heavy (non-hydrogen) atoms. The van der Waals surface area contributed by atoms with E-state index in [4.69, 9.17) is 9.47 Å². The fraction of sp³-hybridized carbons (Fsp3) is 0.587. The van der Waals surface area contributed by atoms with Gasteiger partial charge in [-0.15, -0.1) is 0 Å². The van der Waals surface area contributed by atoms with Crippen LogP contribution in [0.1, 0.15) is 219 Å². The van der Waals surface area contributed by atoms with Gasteiger partial charge < -0.3 is 14.6 Å². The molecule has 0 aromatic carbocycles. The van der Waals surface area contributed by atoms with Gasteiger partial charge in [0, 0.05) is 12.8 Å². The molecule has 1 unspecified atom stereocenters. The van der Waals surface area contributed by atoms with Gasteiger partial charge in [-0.3, -0.25) is 9.59 Å². The third-order valence-corrected chi connectivity index (χ3v) is 11.1. The smallest absolute Gasteiger partial charge is 0.306 e. The summed E-state index contributed by atoms with van der Waals surface area (Å²) in [6.07, 6.45) is 86.7. The lowest BCUT2D eigenvalue weighted by Crippen LogP contribution is -2.28. The summed E-state index contributed by atoms with van der Waals surface area (Å²) in [4.78, 5) is 24.4. The van der Waals surface area contributed by atoms with Gasteiger partial charge in [0.05, 0.1) is 6.61 Å². The van der Waals surface area contributed by atoms with E-state index in [0.29, 0.717) is 12.8 Å². The number of hydrogen-bond acceptors (Lipinski definition) is 5. The largest absolute Gasteiger partial charge is 0.462 e. The summed E-state index contributed by atoms with van der Waals surface area (Å²) in [5.41, 5.74) is 0. The number of carbonyl (C=O) groups is 2. The molecule has 1 atom stereocenters. The molecule has 0 radical (unpaired) electrons. The Labute approximate surface area is 418 Å². The molecule has 382 valence electrons. The molecule has 0 fully saturated rings. The van der Waals surface area contributed by atoms with Crippen LogP contribution in [-0.4, -0.2) is 36.4 Å². The zero-order chi connectivity index (χ0) is 49.2. The standard InChI is InChI=1S/C63H100O5/c1-3-5-7-9-11-13-15-17-18-19-20-21-22-23-24-25-26-27-28-29-30-31-32-33-34-35-36-37-38-39-40-41-42-43-44-46-48-50-52-54-56-58-63(66)68-61(59-64)60-67-62(65)57-55-53-51-49-47-45-16-14-12-10-8-6-4-2/h5,7-8,10-11,13-14,16-18,20-21,23-24,26-27,29-30,32-33,35-36,38-39,61,64H,3-4,6,9,12,15,19,22,25,28,31,34,37,40-60H2,1-2H3/b7-5-,10-8-,13-11-,16-14-,18-17-,21-20-,24-23-,27-26-,30-29-,33-32-,36-35-,39-38-. The summed E-state index contributed by atoms with van der Waals surface area (Å²) in [5.74, 6) is -0.622. The minimum absolute atomic E-state index is 0.0822. The molecular formula is C63H100O5. The Bertz CT molecular complexity index is 1480. The molecule has 0 aliphatic carbocycles. The Morgan fingerprint density at radius 2 is 0.632 bits per heavy atom. The molecule has 0 saturated heterocycles. The van der Waals surface area contributed by atoms with Gasteiger partial charge in [0.1, 0.15) is 6.61 Å². The molecule has 0 saturated carbocycles. The van der Waals surface area contributed by atoms with Crippen molar-refractivity contribution in [3.8, 4) is 0 Å². The van der Waals surface area contributed by atoms with Crippen LogP contribution in [0.2, 0.25) is 0 Å². The van der Waals surface area contributed by atoms with Gasteiger partial charge >= 0.3 is 11.9 Å². The summed E-state index contributed by atoms with van der Waals surface area (Å²) < 4.78 is 10.6. The lowest BCUT2D eigenvalue weighted by atomic mass is 10.0. The van der Waals surface area contributed by atoms with Crippen LogP contribution in [0.25, 0.3) is 0 Å². The first kappa shape index (κ1) is 63.8. The van der Waals surface area contributed by atoms with E-state index in [1.807, 2.05) is 0 Å². The molecule has 0 aliphatic rings. The second-order valence-corrected chi connectivity index (χ2v) is 17.6. The van der Waals surface area contributed by atoms with E-state index >= 15 is 0 Å². The van der Waals surface area contributed by atoms with Crippen LogP contribution < -0.4 is 0 Å². The maximum atomic E-state index is 12.3. The Hall–Kier alpha value is -4.22. The monoisotopic (exact) mass is 937 g/mol. The van der Waals surface area contributed by atoms with Gasteiger partial charge in [-0.05, 0) is 116 Å². The summed E-state index contributed by atoms with van der Waals surface area (Å²) in [6.45, 7) is 3.93. The number of rotatable bonds is 48. The number of unbranched alkanes of at least 4 members (excludes halogenated alkanes) is 16. The SMILES string of the molecule is CC/C=C\C/C=C\C/C=C\C/C=C\C/C=C\C/C=C\C/C=C\C/C=C\C/C=C\C/C=C\CCCCCCCCCCCCC(=O)OC(CO)COC(=O)CCCCCCC/C=C\C/C=C\CCC. The average molecular weight is 937 g/mol. The predicted molar refractivity (Wildman–Crippen MR) is 297 cm³/mol. The molecule has 5 nitrogen and oxygen atoms in total. The first-order valence-electron chi connectivity index (χ1n) is 27.4. The fourth-order valence-corrected chi connectivity index (χ4v) is 7.03. The lowest BCUT2D eigenvalue weighted by molar-refractivity contribution is -0.161. The zero-order valence-corrected chi connectivity index (χ0v) is 43.6. The number of carbonyl (C=O) groups excluding carboxylic acids is 2. The first-order valence-corrected chi connectivity index (χ1v) is 27.4. The molecule has 5 heteroatoms. The minimum atomic E-state index is -0.789. The van der Waals surface area contributed by atoms with Crippen LogP contribution in [0.4, 0.5) is 0 Å².